The Hall–Kier alpha value is -1.59. The first kappa shape index (κ1) is 15.8. The molecular formula is C15H17ClN2O2S. The fourth-order valence-electron chi connectivity index (χ4n) is 2.05. The van der Waals surface area contributed by atoms with Crippen molar-refractivity contribution in [2.75, 3.05) is 10.5 Å². The fraction of sp³-hybridized carbons (Fsp3) is 0.267. The summed E-state index contributed by atoms with van der Waals surface area (Å²) < 4.78 is 27.1. The molecule has 0 amide bonds. The van der Waals surface area contributed by atoms with Crippen molar-refractivity contribution in [3.63, 3.8) is 0 Å². The third-order valence-corrected chi connectivity index (χ3v) is 4.95. The predicted octanol–water partition coefficient (Wildman–Crippen LogP) is 3.59. The molecule has 21 heavy (non-hydrogen) atoms. The topological polar surface area (TPSA) is 59.1 Å². The van der Waals surface area contributed by atoms with Gasteiger partial charge in [-0.3, -0.25) is 4.72 Å². The zero-order valence-electron chi connectivity index (χ0n) is 11.9. The first-order valence-electron chi connectivity index (χ1n) is 6.55. The van der Waals surface area contributed by atoms with Crippen LogP contribution < -0.4 is 4.72 Å². The molecule has 112 valence electrons. The molecule has 0 aliphatic heterocycles. The van der Waals surface area contributed by atoms with Crippen molar-refractivity contribution in [2.24, 2.45) is 0 Å². The number of anilines is 1. The number of nitrogens with one attached hydrogen (secondary N) is 1. The van der Waals surface area contributed by atoms with Gasteiger partial charge in [0.2, 0.25) is 10.0 Å². The Balaban J connectivity index is 2.16. The van der Waals surface area contributed by atoms with E-state index < -0.39 is 10.0 Å². The molecule has 1 N–H and O–H groups in total. The maximum atomic E-state index is 12.3. The Bertz CT molecular complexity index is 697. The van der Waals surface area contributed by atoms with Crippen LogP contribution in [0, 0.1) is 6.92 Å². The lowest BCUT2D eigenvalue weighted by Crippen LogP contribution is -2.21. The molecule has 6 heteroatoms. The van der Waals surface area contributed by atoms with Gasteiger partial charge < -0.3 is 0 Å². The highest BCUT2D eigenvalue weighted by atomic mass is 35.5. The summed E-state index contributed by atoms with van der Waals surface area (Å²) in [5.74, 6) is -0.124. The number of benzene rings is 1. The number of rotatable bonds is 5. The Labute approximate surface area is 130 Å². The lowest BCUT2D eigenvalue weighted by molar-refractivity contribution is 0.595. The minimum atomic E-state index is -3.50. The van der Waals surface area contributed by atoms with Crippen molar-refractivity contribution >= 4 is 27.3 Å². The molecule has 0 saturated heterocycles. The van der Waals surface area contributed by atoms with E-state index in [-0.39, 0.29) is 16.8 Å². The lowest BCUT2D eigenvalue weighted by atomic mass is 10.0. The Kier molecular flexibility index (Phi) is 4.85. The van der Waals surface area contributed by atoms with Crippen molar-refractivity contribution in [1.82, 2.24) is 4.98 Å². The van der Waals surface area contributed by atoms with Crippen molar-refractivity contribution in [2.45, 2.75) is 19.8 Å². The molecule has 1 atom stereocenters. The molecule has 1 aromatic carbocycles. The molecule has 0 aliphatic rings. The van der Waals surface area contributed by atoms with Gasteiger partial charge in [-0.1, -0.05) is 48.9 Å². The minimum Gasteiger partial charge on any atom is -0.280 e. The van der Waals surface area contributed by atoms with E-state index >= 15 is 0 Å². The number of aromatic nitrogens is 1. The van der Waals surface area contributed by atoms with Crippen LogP contribution in [0.15, 0.2) is 42.6 Å². The Morgan fingerprint density at radius 3 is 2.52 bits per heavy atom. The molecule has 0 spiro atoms. The summed E-state index contributed by atoms with van der Waals surface area (Å²) in [6, 6.07) is 11.2. The number of hydrogen-bond acceptors (Lipinski definition) is 3. The highest BCUT2D eigenvalue weighted by Crippen LogP contribution is 2.25. The minimum absolute atomic E-state index is 0.0122. The SMILES string of the molecule is Cc1ccnc(Cl)c1NS(=O)(=O)CC(C)c1ccccc1. The second-order valence-electron chi connectivity index (χ2n) is 4.99. The Morgan fingerprint density at radius 2 is 1.90 bits per heavy atom. The van der Waals surface area contributed by atoms with Gasteiger partial charge in [0.1, 0.15) is 0 Å². The van der Waals surface area contributed by atoms with Crippen molar-refractivity contribution in [3.05, 3.63) is 58.9 Å². The largest absolute Gasteiger partial charge is 0.280 e. The average Bonchev–Trinajstić information content (AvgIpc) is 2.43. The maximum Gasteiger partial charge on any atom is 0.233 e. The molecule has 0 bridgehead atoms. The van der Waals surface area contributed by atoms with Gasteiger partial charge in [0.25, 0.3) is 0 Å². The van der Waals surface area contributed by atoms with E-state index in [1.807, 2.05) is 37.3 Å². The van der Waals surface area contributed by atoms with E-state index in [0.29, 0.717) is 5.69 Å². The summed E-state index contributed by atoms with van der Waals surface area (Å²) >= 11 is 5.95. The smallest absolute Gasteiger partial charge is 0.233 e. The zero-order chi connectivity index (χ0) is 15.5. The molecule has 1 heterocycles. The molecule has 0 aliphatic carbocycles. The number of nitrogens with zero attached hydrogens (tertiary/aromatic N) is 1. The van der Waals surface area contributed by atoms with E-state index in [9.17, 15) is 8.42 Å². The molecule has 0 radical (unpaired) electrons. The fourth-order valence-corrected chi connectivity index (χ4v) is 3.86. The summed E-state index contributed by atoms with van der Waals surface area (Å²) in [6.07, 6.45) is 1.54. The van der Waals surface area contributed by atoms with Gasteiger partial charge in [-0.15, -0.1) is 0 Å². The van der Waals surface area contributed by atoms with Gasteiger partial charge in [0, 0.05) is 6.20 Å². The second kappa shape index (κ2) is 6.45. The van der Waals surface area contributed by atoms with Crippen LogP contribution in [0.1, 0.15) is 24.0 Å². The van der Waals surface area contributed by atoms with Gasteiger partial charge in [0.05, 0.1) is 11.4 Å². The van der Waals surface area contributed by atoms with E-state index in [1.165, 1.54) is 0 Å². The van der Waals surface area contributed by atoms with Gasteiger partial charge in [0.15, 0.2) is 5.15 Å². The van der Waals surface area contributed by atoms with Crippen molar-refractivity contribution < 1.29 is 8.42 Å². The third-order valence-electron chi connectivity index (χ3n) is 3.21. The van der Waals surface area contributed by atoms with Crippen LogP contribution in [-0.2, 0) is 10.0 Å². The van der Waals surface area contributed by atoms with Gasteiger partial charge in [-0.25, -0.2) is 13.4 Å². The average molecular weight is 325 g/mol. The number of hydrogen-bond donors (Lipinski definition) is 1. The monoisotopic (exact) mass is 324 g/mol. The molecule has 4 nitrogen and oxygen atoms in total. The highest BCUT2D eigenvalue weighted by molar-refractivity contribution is 7.92. The van der Waals surface area contributed by atoms with Crippen LogP contribution in [0.2, 0.25) is 5.15 Å². The first-order chi connectivity index (χ1) is 9.89. The number of aryl methyl sites for hydroxylation is 1. The molecule has 0 saturated carbocycles. The molecule has 1 unspecified atom stereocenters. The van der Waals surface area contributed by atoms with Crippen LogP contribution >= 0.6 is 11.6 Å². The summed E-state index contributed by atoms with van der Waals surface area (Å²) in [6.45, 7) is 3.66. The van der Waals surface area contributed by atoms with E-state index in [4.69, 9.17) is 11.6 Å². The van der Waals surface area contributed by atoms with Crippen molar-refractivity contribution in [3.8, 4) is 0 Å². The van der Waals surface area contributed by atoms with Crippen LogP contribution in [0.25, 0.3) is 0 Å². The summed E-state index contributed by atoms with van der Waals surface area (Å²) in [5, 5.41) is 0.158. The van der Waals surface area contributed by atoms with Crippen LogP contribution in [0.3, 0.4) is 0 Å². The van der Waals surface area contributed by atoms with Crippen LogP contribution in [0.5, 0.6) is 0 Å². The predicted molar refractivity (Wildman–Crippen MR) is 86.3 cm³/mol. The summed E-state index contributed by atoms with van der Waals surface area (Å²) in [7, 11) is -3.50. The quantitative estimate of drug-likeness (QED) is 0.855. The van der Waals surface area contributed by atoms with Gasteiger partial charge >= 0.3 is 0 Å². The molecular weight excluding hydrogens is 308 g/mol. The molecule has 2 aromatic rings. The molecule has 1 aromatic heterocycles. The number of pyridine rings is 1. The van der Waals surface area contributed by atoms with Gasteiger partial charge in [-0.2, -0.15) is 0 Å². The third kappa shape index (κ3) is 4.19. The van der Waals surface area contributed by atoms with E-state index in [1.54, 1.807) is 19.2 Å². The van der Waals surface area contributed by atoms with E-state index in [0.717, 1.165) is 11.1 Å². The summed E-state index contributed by atoms with van der Waals surface area (Å²) in [5.41, 5.74) is 2.07. The highest BCUT2D eigenvalue weighted by Gasteiger charge is 2.19. The standard InChI is InChI=1S/C15H17ClN2O2S/c1-11-8-9-17-15(16)14(11)18-21(19,20)10-12(2)13-6-4-3-5-7-13/h3-9,12,18H,10H2,1-2H3. The summed E-state index contributed by atoms with van der Waals surface area (Å²) in [4.78, 5) is 3.90. The lowest BCUT2D eigenvalue weighted by Gasteiger charge is -2.15. The zero-order valence-corrected chi connectivity index (χ0v) is 13.4. The maximum absolute atomic E-state index is 12.3. The molecule has 2 rings (SSSR count). The van der Waals surface area contributed by atoms with Crippen molar-refractivity contribution in [1.29, 1.82) is 0 Å². The normalized spacial score (nSPS) is 12.9. The van der Waals surface area contributed by atoms with Gasteiger partial charge in [-0.05, 0) is 30.0 Å². The second-order valence-corrected chi connectivity index (χ2v) is 7.11. The molecule has 0 fully saturated rings. The first-order valence-corrected chi connectivity index (χ1v) is 8.58. The Morgan fingerprint density at radius 1 is 1.24 bits per heavy atom. The number of sulfonamides is 1. The van der Waals surface area contributed by atoms with Crippen LogP contribution in [0.4, 0.5) is 5.69 Å². The van der Waals surface area contributed by atoms with Crippen LogP contribution in [-0.4, -0.2) is 19.2 Å². The van der Waals surface area contributed by atoms with E-state index in [2.05, 4.69) is 9.71 Å². The number of halogens is 1.